The number of hydrogen-bond donors (Lipinski definition) is 0. The van der Waals surface area contributed by atoms with Crippen molar-refractivity contribution >= 4 is 27.0 Å². The van der Waals surface area contributed by atoms with Crippen molar-refractivity contribution in [2.75, 3.05) is 14.1 Å². The number of aryl methyl sites for hydroxylation is 2. The van der Waals surface area contributed by atoms with E-state index in [0.717, 1.165) is 22.0 Å². The fraction of sp³-hybridized carbons (Fsp3) is 0.308. The van der Waals surface area contributed by atoms with E-state index in [9.17, 15) is 8.42 Å². The van der Waals surface area contributed by atoms with Gasteiger partial charge in [-0.3, -0.25) is 4.68 Å². The molecule has 2 aromatic rings. The van der Waals surface area contributed by atoms with E-state index >= 15 is 0 Å². The van der Waals surface area contributed by atoms with E-state index in [1.807, 2.05) is 32.3 Å². The van der Waals surface area contributed by atoms with Crippen LogP contribution < -0.4 is 0 Å². The molecule has 0 saturated carbocycles. The maximum Gasteiger partial charge on any atom is 0.235 e. The van der Waals surface area contributed by atoms with Crippen LogP contribution in [-0.2, 0) is 17.1 Å². The van der Waals surface area contributed by atoms with E-state index in [-0.39, 0.29) is 0 Å². The van der Waals surface area contributed by atoms with Gasteiger partial charge in [0, 0.05) is 43.7 Å². The Balaban J connectivity index is 2.54. The predicted octanol–water partition coefficient (Wildman–Crippen LogP) is 1.74. The molecular formula is C13H17N3O2S. The highest BCUT2D eigenvalue weighted by Crippen LogP contribution is 2.21. The molecule has 0 bridgehead atoms. The Morgan fingerprint density at radius 3 is 2.63 bits per heavy atom. The molecule has 0 spiro atoms. The summed E-state index contributed by atoms with van der Waals surface area (Å²) < 4.78 is 26.4. The lowest BCUT2D eigenvalue weighted by molar-refractivity contribution is 0.531. The smallest absolute Gasteiger partial charge is 0.235 e. The molecule has 2 rings (SSSR count). The first kappa shape index (κ1) is 13.8. The van der Waals surface area contributed by atoms with E-state index in [0.29, 0.717) is 0 Å². The first-order chi connectivity index (χ1) is 8.79. The van der Waals surface area contributed by atoms with Gasteiger partial charge in [-0.1, -0.05) is 0 Å². The molecular weight excluding hydrogens is 262 g/mol. The zero-order chi connectivity index (χ0) is 14.2. The maximum atomic E-state index is 11.7. The van der Waals surface area contributed by atoms with Gasteiger partial charge in [-0.2, -0.15) is 5.10 Å². The molecule has 0 saturated heterocycles. The summed E-state index contributed by atoms with van der Waals surface area (Å²) in [7, 11) is 1.51. The molecule has 0 aliphatic rings. The molecule has 0 aliphatic carbocycles. The molecule has 0 amide bonds. The molecule has 0 fully saturated rings. The average Bonchev–Trinajstić information content (AvgIpc) is 2.66. The summed E-state index contributed by atoms with van der Waals surface area (Å²) in [6.07, 6.45) is 3.51. The van der Waals surface area contributed by atoms with Crippen molar-refractivity contribution in [3.8, 4) is 0 Å². The van der Waals surface area contributed by atoms with Crippen molar-refractivity contribution in [1.29, 1.82) is 0 Å². The van der Waals surface area contributed by atoms with Gasteiger partial charge >= 0.3 is 0 Å². The summed E-state index contributed by atoms with van der Waals surface area (Å²) >= 11 is 0. The predicted molar refractivity (Wildman–Crippen MR) is 77.1 cm³/mol. The molecule has 0 unspecified atom stereocenters. The molecule has 0 aliphatic heterocycles. The second kappa shape index (κ2) is 4.79. The minimum Gasteiger partial charge on any atom is -0.275 e. The van der Waals surface area contributed by atoms with Crippen molar-refractivity contribution in [3.05, 3.63) is 34.9 Å². The standard InChI is InChI=1S/C13H17N3O2S/c1-10-7-11(5-6-19(17,18)15(2)3)13-12(8-10)9-16(4)14-13/h5-9H,1-4H3/b6-5+. The molecule has 19 heavy (non-hydrogen) atoms. The monoisotopic (exact) mass is 279 g/mol. The highest BCUT2D eigenvalue weighted by molar-refractivity contribution is 7.92. The van der Waals surface area contributed by atoms with Crippen LogP contribution in [-0.4, -0.2) is 36.6 Å². The number of benzene rings is 1. The summed E-state index contributed by atoms with van der Waals surface area (Å²) in [5, 5.41) is 6.57. The molecule has 102 valence electrons. The fourth-order valence-corrected chi connectivity index (χ4v) is 2.41. The number of nitrogens with zero attached hydrogens (tertiary/aromatic N) is 3. The van der Waals surface area contributed by atoms with Gasteiger partial charge < -0.3 is 0 Å². The van der Waals surface area contributed by atoms with Gasteiger partial charge in [0.15, 0.2) is 0 Å². The van der Waals surface area contributed by atoms with Crippen LogP contribution in [0.25, 0.3) is 17.0 Å². The van der Waals surface area contributed by atoms with Gasteiger partial charge in [-0.15, -0.1) is 0 Å². The number of aromatic nitrogens is 2. The van der Waals surface area contributed by atoms with Crippen LogP contribution in [0.15, 0.2) is 23.7 Å². The minimum absolute atomic E-state index is 0.804. The highest BCUT2D eigenvalue weighted by Gasteiger charge is 2.09. The van der Waals surface area contributed by atoms with Crippen LogP contribution in [0.1, 0.15) is 11.1 Å². The first-order valence-electron chi connectivity index (χ1n) is 5.84. The molecule has 5 nitrogen and oxygen atoms in total. The highest BCUT2D eigenvalue weighted by atomic mass is 32.2. The lowest BCUT2D eigenvalue weighted by Crippen LogP contribution is -2.19. The minimum atomic E-state index is -3.35. The van der Waals surface area contributed by atoms with Gasteiger partial charge in [0.05, 0.1) is 5.52 Å². The van der Waals surface area contributed by atoms with Crippen LogP contribution in [0.4, 0.5) is 0 Å². The van der Waals surface area contributed by atoms with Crippen LogP contribution in [0, 0.1) is 6.92 Å². The topological polar surface area (TPSA) is 55.2 Å². The SMILES string of the molecule is Cc1cc(/C=C/S(=O)(=O)N(C)C)c2nn(C)cc2c1. The van der Waals surface area contributed by atoms with Crippen molar-refractivity contribution in [3.63, 3.8) is 0 Å². The number of hydrogen-bond acceptors (Lipinski definition) is 3. The summed E-state index contributed by atoms with van der Waals surface area (Å²) in [5.41, 5.74) is 2.68. The van der Waals surface area contributed by atoms with Gasteiger partial charge in [0.1, 0.15) is 0 Å². The van der Waals surface area contributed by atoms with Crippen LogP contribution in [0.2, 0.25) is 0 Å². The van der Waals surface area contributed by atoms with Crippen LogP contribution >= 0.6 is 0 Å². The number of rotatable bonds is 3. The molecule has 1 heterocycles. The van der Waals surface area contributed by atoms with E-state index in [2.05, 4.69) is 5.10 Å². The number of fused-ring (bicyclic) bond motifs is 1. The summed E-state index contributed by atoms with van der Waals surface area (Å²) in [6.45, 7) is 1.98. The Morgan fingerprint density at radius 2 is 2.00 bits per heavy atom. The normalized spacial score (nSPS) is 12.9. The third kappa shape index (κ3) is 2.85. The average molecular weight is 279 g/mol. The van der Waals surface area contributed by atoms with Crippen LogP contribution in [0.5, 0.6) is 0 Å². The summed E-state index contributed by atoms with van der Waals surface area (Å²) in [4.78, 5) is 0. The van der Waals surface area contributed by atoms with Crippen LogP contribution in [0.3, 0.4) is 0 Å². The Morgan fingerprint density at radius 1 is 1.32 bits per heavy atom. The Bertz CT molecular complexity index is 743. The molecule has 1 aromatic heterocycles. The molecule has 0 N–H and O–H groups in total. The molecule has 0 radical (unpaired) electrons. The van der Waals surface area contributed by atoms with Crippen molar-refractivity contribution in [2.24, 2.45) is 7.05 Å². The van der Waals surface area contributed by atoms with Gasteiger partial charge in [-0.05, 0) is 30.7 Å². The summed E-state index contributed by atoms with van der Waals surface area (Å²) in [6, 6.07) is 3.96. The fourth-order valence-electron chi connectivity index (χ4n) is 1.85. The molecule has 1 aromatic carbocycles. The second-order valence-corrected chi connectivity index (χ2v) is 6.76. The van der Waals surface area contributed by atoms with Gasteiger partial charge in [0.25, 0.3) is 0 Å². The zero-order valence-electron chi connectivity index (χ0n) is 11.5. The zero-order valence-corrected chi connectivity index (χ0v) is 12.3. The van der Waals surface area contributed by atoms with Gasteiger partial charge in [0.2, 0.25) is 10.0 Å². The first-order valence-corrected chi connectivity index (χ1v) is 7.34. The Labute approximate surface area is 113 Å². The van der Waals surface area contributed by atoms with Crippen molar-refractivity contribution in [2.45, 2.75) is 6.92 Å². The van der Waals surface area contributed by atoms with E-state index in [1.165, 1.54) is 23.8 Å². The van der Waals surface area contributed by atoms with Crippen molar-refractivity contribution in [1.82, 2.24) is 14.1 Å². The third-order valence-corrected chi connectivity index (χ3v) is 4.32. The molecule has 0 atom stereocenters. The van der Waals surface area contributed by atoms with Gasteiger partial charge in [-0.25, -0.2) is 12.7 Å². The number of sulfonamides is 1. The largest absolute Gasteiger partial charge is 0.275 e. The van der Waals surface area contributed by atoms with Crippen molar-refractivity contribution < 1.29 is 8.42 Å². The van der Waals surface area contributed by atoms with E-state index in [4.69, 9.17) is 0 Å². The quantitative estimate of drug-likeness (QED) is 0.860. The Hall–Kier alpha value is -1.66. The maximum absolute atomic E-state index is 11.7. The van der Waals surface area contributed by atoms with E-state index < -0.39 is 10.0 Å². The third-order valence-electron chi connectivity index (χ3n) is 2.83. The summed E-state index contributed by atoms with van der Waals surface area (Å²) in [5.74, 6) is 0. The lowest BCUT2D eigenvalue weighted by atomic mass is 10.1. The Kier molecular flexibility index (Phi) is 3.47. The molecule has 6 heteroatoms. The van der Waals surface area contributed by atoms with E-state index in [1.54, 1.807) is 10.8 Å². The lowest BCUT2D eigenvalue weighted by Gasteiger charge is -2.06. The second-order valence-electron chi connectivity index (χ2n) is 4.72.